The third-order valence-electron chi connectivity index (χ3n) is 3.65. The molecule has 0 aliphatic carbocycles. The fraction of sp³-hybridized carbons (Fsp3) is 0.667. The van der Waals surface area contributed by atoms with Crippen LogP contribution in [0.25, 0.3) is 0 Å². The molecule has 0 radical (unpaired) electrons. The average molecular weight is 237 g/mol. The van der Waals surface area contributed by atoms with Crippen molar-refractivity contribution in [2.75, 3.05) is 6.54 Å². The van der Waals surface area contributed by atoms with Crippen LogP contribution in [0.15, 0.2) is 11.8 Å². The first-order valence-electron chi connectivity index (χ1n) is 6.16. The van der Waals surface area contributed by atoms with Gasteiger partial charge in [-0.1, -0.05) is 0 Å². The molecule has 2 atom stereocenters. The average Bonchev–Trinajstić information content (AvgIpc) is 2.29. The number of nitrogens with two attached hydrogens (primary N) is 1. The summed E-state index contributed by atoms with van der Waals surface area (Å²) in [4.78, 5) is 27.3. The number of hydrogen-bond donors (Lipinski definition) is 1. The number of carbonyl (C=O) groups is 2. The molecule has 2 aliphatic rings. The van der Waals surface area contributed by atoms with Gasteiger partial charge in [-0.05, 0) is 33.1 Å². The molecule has 0 aromatic heterocycles. The van der Waals surface area contributed by atoms with E-state index in [2.05, 4.69) is 0 Å². The van der Waals surface area contributed by atoms with E-state index in [9.17, 15) is 9.59 Å². The van der Waals surface area contributed by atoms with Crippen molar-refractivity contribution in [3.05, 3.63) is 11.8 Å². The van der Waals surface area contributed by atoms with E-state index in [1.165, 1.54) is 0 Å². The van der Waals surface area contributed by atoms with E-state index in [4.69, 9.17) is 5.73 Å². The summed E-state index contributed by atoms with van der Waals surface area (Å²) in [7, 11) is 0. The summed E-state index contributed by atoms with van der Waals surface area (Å²) in [5.41, 5.74) is 5.37. The van der Waals surface area contributed by atoms with Crippen molar-refractivity contribution in [1.82, 2.24) is 9.80 Å². The lowest BCUT2D eigenvalue weighted by molar-refractivity contribution is -0.142. The van der Waals surface area contributed by atoms with E-state index in [-0.39, 0.29) is 23.7 Å². The molecule has 2 rings (SSSR count). The Morgan fingerprint density at radius 1 is 1.53 bits per heavy atom. The van der Waals surface area contributed by atoms with E-state index < -0.39 is 5.91 Å². The molecular weight excluding hydrogens is 218 g/mol. The molecule has 5 heteroatoms. The molecule has 2 unspecified atom stereocenters. The largest absolute Gasteiger partial charge is 0.365 e. The zero-order valence-electron chi connectivity index (χ0n) is 10.3. The molecule has 2 amide bonds. The highest BCUT2D eigenvalue weighted by Crippen LogP contribution is 2.30. The molecule has 0 spiro atoms. The predicted molar refractivity (Wildman–Crippen MR) is 63.6 cm³/mol. The number of amides is 2. The van der Waals surface area contributed by atoms with Gasteiger partial charge in [-0.15, -0.1) is 0 Å². The molecule has 94 valence electrons. The molecule has 2 aliphatic heterocycles. The van der Waals surface area contributed by atoms with Crippen LogP contribution in [0.2, 0.25) is 0 Å². The Morgan fingerprint density at radius 2 is 2.24 bits per heavy atom. The Kier molecular flexibility index (Phi) is 3.09. The third-order valence-corrected chi connectivity index (χ3v) is 3.65. The molecule has 0 aromatic carbocycles. The van der Waals surface area contributed by atoms with Crippen molar-refractivity contribution in [1.29, 1.82) is 0 Å². The van der Waals surface area contributed by atoms with Crippen LogP contribution in [0.5, 0.6) is 0 Å². The number of fused-ring (bicyclic) bond motifs is 1. The van der Waals surface area contributed by atoms with Gasteiger partial charge < -0.3 is 15.5 Å². The van der Waals surface area contributed by atoms with Gasteiger partial charge >= 0.3 is 0 Å². The van der Waals surface area contributed by atoms with Crippen molar-refractivity contribution in [3.63, 3.8) is 0 Å². The number of hydrogen-bond acceptors (Lipinski definition) is 3. The first kappa shape index (κ1) is 12.0. The maximum Gasteiger partial charge on any atom is 0.262 e. The van der Waals surface area contributed by atoms with Crippen molar-refractivity contribution in [3.8, 4) is 0 Å². The van der Waals surface area contributed by atoms with Gasteiger partial charge in [0.25, 0.3) is 11.8 Å². The summed E-state index contributed by atoms with van der Waals surface area (Å²) in [6.45, 7) is 4.82. The zero-order chi connectivity index (χ0) is 12.6. The Labute approximate surface area is 101 Å². The molecule has 5 nitrogen and oxygen atoms in total. The highest BCUT2D eigenvalue weighted by molar-refractivity contribution is 6.18. The minimum Gasteiger partial charge on any atom is -0.365 e. The third kappa shape index (κ3) is 1.90. The van der Waals surface area contributed by atoms with Crippen LogP contribution in [0.1, 0.15) is 33.1 Å². The van der Waals surface area contributed by atoms with Crippen LogP contribution in [0.3, 0.4) is 0 Å². The van der Waals surface area contributed by atoms with E-state index >= 15 is 0 Å². The molecule has 2 N–H and O–H groups in total. The number of nitrogens with zero attached hydrogens (tertiary/aromatic N) is 2. The second kappa shape index (κ2) is 4.39. The molecule has 0 aromatic rings. The zero-order valence-corrected chi connectivity index (χ0v) is 10.3. The summed E-state index contributed by atoms with van der Waals surface area (Å²) < 4.78 is 0. The number of carbonyl (C=O) groups excluding carboxylic acids is 2. The van der Waals surface area contributed by atoms with Crippen molar-refractivity contribution >= 4 is 11.8 Å². The summed E-state index contributed by atoms with van der Waals surface area (Å²) in [5, 5.41) is 0. The number of rotatable bonds is 2. The van der Waals surface area contributed by atoms with Crippen LogP contribution < -0.4 is 5.73 Å². The van der Waals surface area contributed by atoms with Gasteiger partial charge in [0, 0.05) is 18.8 Å². The van der Waals surface area contributed by atoms with Crippen LogP contribution in [0, 0.1) is 0 Å². The highest BCUT2D eigenvalue weighted by Gasteiger charge is 2.40. The van der Waals surface area contributed by atoms with Crippen LogP contribution in [-0.2, 0) is 9.59 Å². The normalized spacial score (nSPS) is 28.8. The van der Waals surface area contributed by atoms with Crippen LogP contribution in [0.4, 0.5) is 0 Å². The van der Waals surface area contributed by atoms with Crippen molar-refractivity contribution in [2.24, 2.45) is 5.73 Å². The van der Waals surface area contributed by atoms with Gasteiger partial charge in [-0.25, -0.2) is 0 Å². The van der Waals surface area contributed by atoms with Gasteiger partial charge in [0.2, 0.25) is 0 Å². The molecule has 0 bridgehead atoms. The van der Waals surface area contributed by atoms with Gasteiger partial charge in [0.05, 0.1) is 0 Å². The van der Waals surface area contributed by atoms with Crippen LogP contribution in [-0.4, -0.2) is 40.4 Å². The molecule has 0 saturated carbocycles. The maximum absolute atomic E-state index is 12.2. The van der Waals surface area contributed by atoms with E-state index in [1.54, 1.807) is 6.20 Å². The predicted octanol–water partition coefficient (Wildman–Crippen LogP) is 0.418. The molecule has 17 heavy (non-hydrogen) atoms. The summed E-state index contributed by atoms with van der Waals surface area (Å²) in [5.74, 6) is -0.843. The lowest BCUT2D eigenvalue weighted by Gasteiger charge is -2.48. The molecule has 1 fully saturated rings. The Balaban J connectivity index is 2.38. The van der Waals surface area contributed by atoms with E-state index in [0.717, 1.165) is 25.8 Å². The van der Waals surface area contributed by atoms with Crippen molar-refractivity contribution in [2.45, 2.75) is 45.3 Å². The van der Waals surface area contributed by atoms with Gasteiger partial charge in [0.1, 0.15) is 11.7 Å². The second-order valence-electron chi connectivity index (χ2n) is 4.71. The van der Waals surface area contributed by atoms with Gasteiger partial charge in [-0.3, -0.25) is 9.59 Å². The lowest BCUT2D eigenvalue weighted by Crippen LogP contribution is -2.59. The SMILES string of the molecule is CCN1C=C(C(N)=O)C(=O)N2C(C)CCCC12. The minimum absolute atomic E-state index is 0.0966. The van der Waals surface area contributed by atoms with Gasteiger partial charge in [-0.2, -0.15) is 0 Å². The summed E-state index contributed by atoms with van der Waals surface area (Å²) in [6, 6.07) is 0.179. The molecular formula is C12H19N3O2. The fourth-order valence-electron chi connectivity index (χ4n) is 2.75. The number of piperidine rings is 1. The van der Waals surface area contributed by atoms with Crippen LogP contribution >= 0.6 is 0 Å². The molecule has 2 heterocycles. The standard InChI is InChI=1S/C12H19N3O2/c1-3-14-7-9(11(13)16)12(17)15-8(2)5-4-6-10(14)15/h7-8,10H,3-6H2,1-2H3,(H2,13,16). The molecule has 1 saturated heterocycles. The second-order valence-corrected chi connectivity index (χ2v) is 4.71. The fourth-order valence-corrected chi connectivity index (χ4v) is 2.75. The first-order valence-corrected chi connectivity index (χ1v) is 6.16. The Bertz CT molecular complexity index is 378. The Hall–Kier alpha value is -1.52. The number of primary amides is 1. The minimum atomic E-state index is -0.635. The quantitative estimate of drug-likeness (QED) is 0.708. The highest BCUT2D eigenvalue weighted by atomic mass is 16.2. The van der Waals surface area contributed by atoms with Gasteiger partial charge in [0.15, 0.2) is 0 Å². The van der Waals surface area contributed by atoms with E-state index in [0.29, 0.717) is 0 Å². The first-order chi connectivity index (χ1) is 8.06. The summed E-state index contributed by atoms with van der Waals surface area (Å²) in [6.07, 6.45) is 4.80. The maximum atomic E-state index is 12.2. The van der Waals surface area contributed by atoms with Crippen molar-refractivity contribution < 1.29 is 9.59 Å². The lowest BCUT2D eigenvalue weighted by atomic mass is 9.96. The smallest absolute Gasteiger partial charge is 0.262 e. The monoisotopic (exact) mass is 237 g/mol. The summed E-state index contributed by atoms with van der Waals surface area (Å²) >= 11 is 0. The topological polar surface area (TPSA) is 66.6 Å². The van der Waals surface area contributed by atoms with E-state index in [1.807, 2.05) is 23.6 Å². The Morgan fingerprint density at radius 3 is 2.82 bits per heavy atom.